The fourth-order valence-corrected chi connectivity index (χ4v) is 3.89. The van der Waals surface area contributed by atoms with Crippen molar-refractivity contribution in [1.29, 1.82) is 0 Å². The van der Waals surface area contributed by atoms with Crippen molar-refractivity contribution in [2.24, 2.45) is 0 Å². The Bertz CT molecular complexity index is 689. The number of hydrogen-bond donors (Lipinski definition) is 2. The molecule has 5 heteroatoms. The largest absolute Gasteiger partial charge is 0.427 e. The Kier molecular flexibility index (Phi) is 3.27. The van der Waals surface area contributed by atoms with Crippen molar-refractivity contribution in [3.05, 3.63) is 39.8 Å². The van der Waals surface area contributed by atoms with Crippen molar-refractivity contribution in [3.63, 3.8) is 0 Å². The van der Waals surface area contributed by atoms with Crippen LogP contribution in [0.3, 0.4) is 0 Å². The van der Waals surface area contributed by atoms with Crippen LogP contribution in [-0.2, 0) is 12.8 Å². The Morgan fingerprint density at radius 2 is 2.19 bits per heavy atom. The monoisotopic (exact) mass is 347 g/mol. The predicted octanol–water partition coefficient (Wildman–Crippen LogP) is 3.46. The fraction of sp³-hybridized carbons (Fsp3) is 0.438. The highest BCUT2D eigenvalue weighted by molar-refractivity contribution is 9.10. The summed E-state index contributed by atoms with van der Waals surface area (Å²) in [5, 5.41) is 14.0. The molecular weight excluding hydrogens is 330 g/mol. The average Bonchev–Trinajstić information content (AvgIpc) is 3.05. The van der Waals surface area contributed by atoms with Gasteiger partial charge in [0.1, 0.15) is 0 Å². The second-order valence-corrected chi connectivity index (χ2v) is 6.80. The third-order valence-corrected chi connectivity index (χ3v) is 5.02. The maximum atomic E-state index is 10.5. The Labute approximate surface area is 132 Å². The van der Waals surface area contributed by atoms with Crippen molar-refractivity contribution < 1.29 is 5.21 Å². The minimum absolute atomic E-state index is 0.181. The van der Waals surface area contributed by atoms with E-state index in [1.165, 1.54) is 10.3 Å². The van der Waals surface area contributed by atoms with E-state index in [1.807, 2.05) is 0 Å². The molecule has 4 rings (SSSR count). The number of nitrogens with zero attached hydrogens (tertiary/aromatic N) is 2. The van der Waals surface area contributed by atoms with Crippen LogP contribution >= 0.6 is 15.9 Å². The number of hydrogen-bond acceptors (Lipinski definition) is 3. The molecule has 2 aromatic rings. The molecule has 0 radical (unpaired) electrons. The third kappa shape index (κ3) is 2.19. The molecule has 1 aromatic carbocycles. The van der Waals surface area contributed by atoms with E-state index in [2.05, 4.69) is 39.4 Å². The summed E-state index contributed by atoms with van der Waals surface area (Å²) in [6.45, 7) is 1.01. The standard InChI is InChI=1S/C16H18BrN3O/c17-11-6-7-12-10(9-11)3-1-5-14-15(12)19-16(20(14)21)13-4-2-8-18-13/h6-7,9,13,18,21H,1-5,8H2. The lowest BCUT2D eigenvalue weighted by atomic mass is 10.0. The van der Waals surface area contributed by atoms with Gasteiger partial charge in [0.25, 0.3) is 0 Å². The Morgan fingerprint density at radius 1 is 1.29 bits per heavy atom. The van der Waals surface area contributed by atoms with Gasteiger partial charge in [-0.15, -0.1) is 0 Å². The predicted molar refractivity (Wildman–Crippen MR) is 84.6 cm³/mol. The average molecular weight is 348 g/mol. The van der Waals surface area contributed by atoms with Crippen LogP contribution < -0.4 is 5.32 Å². The first-order valence-corrected chi connectivity index (χ1v) is 8.36. The van der Waals surface area contributed by atoms with Gasteiger partial charge in [-0.1, -0.05) is 22.0 Å². The van der Waals surface area contributed by atoms with Crippen LogP contribution in [-0.4, -0.2) is 21.5 Å². The van der Waals surface area contributed by atoms with Gasteiger partial charge in [0.05, 0.1) is 17.4 Å². The molecule has 1 aliphatic carbocycles. The van der Waals surface area contributed by atoms with E-state index in [9.17, 15) is 5.21 Å². The molecule has 0 saturated carbocycles. The van der Waals surface area contributed by atoms with Crippen LogP contribution in [0, 0.1) is 0 Å². The molecule has 2 aliphatic rings. The van der Waals surface area contributed by atoms with Crippen LogP contribution in [0.5, 0.6) is 0 Å². The zero-order valence-corrected chi connectivity index (χ0v) is 13.4. The minimum atomic E-state index is 0.181. The molecule has 1 unspecified atom stereocenters. The van der Waals surface area contributed by atoms with Gasteiger partial charge in [0, 0.05) is 10.0 Å². The van der Waals surface area contributed by atoms with Crippen molar-refractivity contribution >= 4 is 15.9 Å². The van der Waals surface area contributed by atoms with Crippen molar-refractivity contribution in [1.82, 2.24) is 15.0 Å². The second-order valence-electron chi connectivity index (χ2n) is 5.88. The summed E-state index contributed by atoms with van der Waals surface area (Å²) in [6.07, 6.45) is 5.13. The lowest BCUT2D eigenvalue weighted by molar-refractivity contribution is 0.160. The molecule has 1 aromatic heterocycles. The van der Waals surface area contributed by atoms with E-state index in [0.717, 1.165) is 65.9 Å². The van der Waals surface area contributed by atoms with Gasteiger partial charge in [-0.05, 0) is 56.3 Å². The van der Waals surface area contributed by atoms with E-state index in [1.54, 1.807) is 0 Å². The molecule has 2 heterocycles. The number of halogens is 1. The molecule has 2 N–H and O–H groups in total. The Morgan fingerprint density at radius 3 is 3.00 bits per heavy atom. The van der Waals surface area contributed by atoms with E-state index in [-0.39, 0.29) is 6.04 Å². The Hall–Kier alpha value is -1.33. The number of aromatic nitrogens is 2. The van der Waals surface area contributed by atoms with Crippen LogP contribution in [0.4, 0.5) is 0 Å². The van der Waals surface area contributed by atoms with Gasteiger partial charge >= 0.3 is 0 Å². The second kappa shape index (κ2) is 5.14. The molecule has 110 valence electrons. The number of benzene rings is 1. The van der Waals surface area contributed by atoms with Gasteiger partial charge < -0.3 is 10.5 Å². The van der Waals surface area contributed by atoms with E-state index in [0.29, 0.717) is 0 Å². The first kappa shape index (κ1) is 13.3. The molecule has 1 saturated heterocycles. The number of rotatable bonds is 1. The maximum Gasteiger partial charge on any atom is 0.162 e. The zero-order valence-electron chi connectivity index (χ0n) is 11.8. The molecule has 0 amide bonds. The highest BCUT2D eigenvalue weighted by Crippen LogP contribution is 2.35. The summed E-state index contributed by atoms with van der Waals surface area (Å²) in [6, 6.07) is 6.52. The van der Waals surface area contributed by atoms with Gasteiger partial charge in [-0.25, -0.2) is 4.98 Å². The third-order valence-electron chi connectivity index (χ3n) is 4.53. The van der Waals surface area contributed by atoms with Gasteiger partial charge in [-0.3, -0.25) is 0 Å². The summed E-state index contributed by atoms with van der Waals surface area (Å²) in [5.41, 5.74) is 4.39. The minimum Gasteiger partial charge on any atom is -0.427 e. The molecule has 1 atom stereocenters. The van der Waals surface area contributed by atoms with Crippen molar-refractivity contribution in [3.8, 4) is 11.3 Å². The van der Waals surface area contributed by atoms with E-state index < -0.39 is 0 Å². The molecule has 1 aliphatic heterocycles. The summed E-state index contributed by atoms with van der Waals surface area (Å²) in [5.74, 6) is 0.772. The van der Waals surface area contributed by atoms with Gasteiger partial charge in [-0.2, -0.15) is 4.73 Å². The Balaban J connectivity index is 1.86. The summed E-state index contributed by atoms with van der Waals surface area (Å²) in [4.78, 5) is 4.80. The summed E-state index contributed by atoms with van der Waals surface area (Å²) >= 11 is 3.54. The topological polar surface area (TPSA) is 50.1 Å². The lowest BCUT2D eigenvalue weighted by Gasteiger charge is -2.09. The smallest absolute Gasteiger partial charge is 0.162 e. The molecular formula is C16H18BrN3O. The number of nitrogens with one attached hydrogen (secondary N) is 1. The van der Waals surface area contributed by atoms with Crippen LogP contribution in [0.25, 0.3) is 11.3 Å². The molecule has 1 fully saturated rings. The normalized spacial score (nSPS) is 20.9. The highest BCUT2D eigenvalue weighted by Gasteiger charge is 2.28. The van der Waals surface area contributed by atoms with Crippen LogP contribution in [0.1, 0.15) is 42.4 Å². The maximum absolute atomic E-state index is 10.5. The zero-order chi connectivity index (χ0) is 14.4. The molecule has 0 spiro atoms. The van der Waals surface area contributed by atoms with E-state index in [4.69, 9.17) is 4.98 Å². The van der Waals surface area contributed by atoms with Gasteiger partial charge in [0.15, 0.2) is 5.82 Å². The van der Waals surface area contributed by atoms with Crippen molar-refractivity contribution in [2.75, 3.05) is 6.54 Å². The highest BCUT2D eigenvalue weighted by atomic mass is 79.9. The van der Waals surface area contributed by atoms with E-state index >= 15 is 0 Å². The van der Waals surface area contributed by atoms with Gasteiger partial charge in [0.2, 0.25) is 0 Å². The fourth-order valence-electron chi connectivity index (χ4n) is 3.48. The lowest BCUT2D eigenvalue weighted by Crippen LogP contribution is -2.18. The van der Waals surface area contributed by atoms with Crippen LogP contribution in [0.2, 0.25) is 0 Å². The summed E-state index contributed by atoms with van der Waals surface area (Å²) in [7, 11) is 0. The summed E-state index contributed by atoms with van der Waals surface area (Å²) < 4.78 is 2.45. The van der Waals surface area contributed by atoms with Crippen molar-refractivity contribution in [2.45, 2.75) is 38.1 Å². The number of fused-ring (bicyclic) bond motifs is 3. The number of imidazole rings is 1. The number of aryl methyl sites for hydroxylation is 1. The molecule has 4 nitrogen and oxygen atoms in total. The molecule has 21 heavy (non-hydrogen) atoms. The first-order valence-electron chi connectivity index (χ1n) is 7.57. The first-order chi connectivity index (χ1) is 10.2. The SMILES string of the molecule is On1c(C2CCCN2)nc2c1CCCc1cc(Br)ccc1-2. The van der Waals surface area contributed by atoms with Crippen LogP contribution in [0.15, 0.2) is 22.7 Å². The quantitative estimate of drug-likeness (QED) is 0.776. The molecule has 0 bridgehead atoms.